The van der Waals surface area contributed by atoms with Gasteiger partial charge in [0.15, 0.2) is 16.1 Å². The molecule has 21 heavy (non-hydrogen) atoms. The number of rotatable bonds is 3. The molecule has 0 saturated carbocycles. The summed E-state index contributed by atoms with van der Waals surface area (Å²) in [5.41, 5.74) is 0.522. The van der Waals surface area contributed by atoms with Gasteiger partial charge in [0, 0.05) is 12.8 Å². The van der Waals surface area contributed by atoms with Gasteiger partial charge in [-0.1, -0.05) is 23.2 Å². The van der Waals surface area contributed by atoms with Gasteiger partial charge in [0.1, 0.15) is 12.4 Å². The maximum atomic E-state index is 12.1. The van der Waals surface area contributed by atoms with Gasteiger partial charge < -0.3 is 10.1 Å². The smallest absolute Gasteiger partial charge is 0.253 e. The van der Waals surface area contributed by atoms with Gasteiger partial charge in [0.05, 0.1) is 5.69 Å². The summed E-state index contributed by atoms with van der Waals surface area (Å²) in [5.74, 6) is 0.261. The van der Waals surface area contributed by atoms with Gasteiger partial charge in [-0.2, -0.15) is 0 Å². The SMILES string of the molecule is O=C(Nc1cccnc1-n1cnc(Cl)c1Cl)[C@H]1CCCO1. The number of nitrogens with one attached hydrogen (secondary N) is 1. The molecular weight excluding hydrogens is 315 g/mol. The predicted molar refractivity (Wildman–Crippen MR) is 79.0 cm³/mol. The number of imidazole rings is 1. The number of aromatic nitrogens is 3. The Bertz CT molecular complexity index is 668. The van der Waals surface area contributed by atoms with Crippen LogP contribution in [0.3, 0.4) is 0 Å². The molecule has 3 rings (SSSR count). The first-order chi connectivity index (χ1) is 10.2. The third kappa shape index (κ3) is 2.88. The topological polar surface area (TPSA) is 69.0 Å². The van der Waals surface area contributed by atoms with Gasteiger partial charge in [0.25, 0.3) is 5.91 Å². The predicted octanol–water partition coefficient (Wildman–Crippen LogP) is 2.69. The second-order valence-electron chi connectivity index (χ2n) is 4.56. The Morgan fingerprint density at radius 3 is 2.95 bits per heavy atom. The van der Waals surface area contributed by atoms with Crippen LogP contribution < -0.4 is 5.32 Å². The number of pyridine rings is 1. The molecule has 0 spiro atoms. The van der Waals surface area contributed by atoms with Crippen molar-refractivity contribution < 1.29 is 9.53 Å². The van der Waals surface area contributed by atoms with E-state index < -0.39 is 6.10 Å². The molecule has 1 aliphatic rings. The lowest BCUT2D eigenvalue weighted by molar-refractivity contribution is -0.124. The van der Waals surface area contributed by atoms with Gasteiger partial charge in [0.2, 0.25) is 0 Å². The minimum absolute atomic E-state index is 0.179. The number of hydrogen-bond acceptors (Lipinski definition) is 4. The summed E-state index contributed by atoms with van der Waals surface area (Å²) in [6, 6.07) is 3.46. The summed E-state index contributed by atoms with van der Waals surface area (Å²) >= 11 is 11.9. The number of nitrogens with zero attached hydrogens (tertiary/aromatic N) is 3. The molecule has 2 aromatic heterocycles. The van der Waals surface area contributed by atoms with Crippen molar-refractivity contribution in [3.8, 4) is 5.82 Å². The minimum atomic E-state index is -0.417. The molecule has 1 atom stereocenters. The molecule has 0 aromatic carbocycles. The Labute approximate surface area is 131 Å². The number of anilines is 1. The summed E-state index contributed by atoms with van der Waals surface area (Å²) in [4.78, 5) is 20.3. The molecular formula is C13H12Cl2N4O2. The Balaban J connectivity index is 1.89. The fraction of sp³-hybridized carbons (Fsp3) is 0.308. The molecule has 1 saturated heterocycles. The van der Waals surface area contributed by atoms with E-state index in [0.29, 0.717) is 18.1 Å². The van der Waals surface area contributed by atoms with E-state index in [2.05, 4.69) is 15.3 Å². The van der Waals surface area contributed by atoms with Crippen LogP contribution in [-0.2, 0) is 9.53 Å². The van der Waals surface area contributed by atoms with E-state index in [1.54, 1.807) is 18.3 Å². The minimum Gasteiger partial charge on any atom is -0.368 e. The largest absolute Gasteiger partial charge is 0.368 e. The monoisotopic (exact) mass is 326 g/mol. The Morgan fingerprint density at radius 2 is 2.29 bits per heavy atom. The Kier molecular flexibility index (Phi) is 4.10. The van der Waals surface area contributed by atoms with E-state index in [4.69, 9.17) is 27.9 Å². The molecule has 1 N–H and O–H groups in total. The number of ether oxygens (including phenoxy) is 1. The highest BCUT2D eigenvalue weighted by atomic mass is 35.5. The molecule has 0 unspecified atom stereocenters. The number of amides is 1. The zero-order valence-electron chi connectivity index (χ0n) is 10.9. The first-order valence-corrected chi connectivity index (χ1v) is 7.18. The molecule has 0 radical (unpaired) electrons. The lowest BCUT2D eigenvalue weighted by atomic mass is 10.2. The van der Waals surface area contributed by atoms with Crippen LogP contribution in [-0.4, -0.2) is 33.2 Å². The van der Waals surface area contributed by atoms with Crippen molar-refractivity contribution in [1.82, 2.24) is 14.5 Å². The average molecular weight is 327 g/mol. The van der Waals surface area contributed by atoms with Crippen molar-refractivity contribution in [2.45, 2.75) is 18.9 Å². The van der Waals surface area contributed by atoms with Crippen molar-refractivity contribution in [3.63, 3.8) is 0 Å². The zero-order valence-corrected chi connectivity index (χ0v) is 12.4. The van der Waals surface area contributed by atoms with E-state index in [1.165, 1.54) is 10.9 Å². The highest BCUT2D eigenvalue weighted by Gasteiger charge is 2.24. The van der Waals surface area contributed by atoms with E-state index in [0.717, 1.165) is 12.8 Å². The summed E-state index contributed by atoms with van der Waals surface area (Å²) in [6.07, 6.45) is 4.25. The summed E-state index contributed by atoms with van der Waals surface area (Å²) in [7, 11) is 0. The first-order valence-electron chi connectivity index (χ1n) is 6.43. The molecule has 8 heteroatoms. The fourth-order valence-corrected chi connectivity index (χ4v) is 2.45. The van der Waals surface area contributed by atoms with Gasteiger partial charge in [-0.15, -0.1) is 0 Å². The number of hydrogen-bond donors (Lipinski definition) is 1. The summed E-state index contributed by atoms with van der Waals surface area (Å²) in [6.45, 7) is 0.612. The van der Waals surface area contributed by atoms with Crippen LogP contribution >= 0.6 is 23.2 Å². The lowest BCUT2D eigenvalue weighted by Crippen LogP contribution is -2.27. The van der Waals surface area contributed by atoms with Crippen LogP contribution in [0.15, 0.2) is 24.7 Å². The number of carbonyl (C=O) groups is 1. The van der Waals surface area contributed by atoms with E-state index in [9.17, 15) is 4.79 Å². The standard InChI is InChI=1S/C13H12Cl2N4O2/c14-10-11(15)19(7-17-10)12-8(3-1-5-16-12)18-13(20)9-4-2-6-21-9/h1,3,5,7,9H,2,4,6H2,(H,18,20)/t9-/m1/s1. The van der Waals surface area contributed by atoms with Crippen molar-refractivity contribution >= 4 is 34.8 Å². The highest BCUT2D eigenvalue weighted by Crippen LogP contribution is 2.27. The molecule has 0 bridgehead atoms. The zero-order chi connectivity index (χ0) is 14.8. The van der Waals surface area contributed by atoms with Crippen LogP contribution in [0.25, 0.3) is 5.82 Å². The number of halogens is 2. The quantitative estimate of drug-likeness (QED) is 0.941. The van der Waals surface area contributed by atoms with Crippen LogP contribution in [0, 0.1) is 0 Å². The first kappa shape index (κ1) is 14.3. The van der Waals surface area contributed by atoms with Crippen LogP contribution in [0.2, 0.25) is 10.3 Å². The maximum absolute atomic E-state index is 12.1. The molecule has 3 heterocycles. The average Bonchev–Trinajstić information content (AvgIpc) is 3.12. The van der Waals surface area contributed by atoms with Crippen LogP contribution in [0.5, 0.6) is 0 Å². The second kappa shape index (κ2) is 6.01. The maximum Gasteiger partial charge on any atom is 0.253 e. The van der Waals surface area contributed by atoms with Crippen molar-refractivity contribution in [2.24, 2.45) is 0 Å². The third-order valence-electron chi connectivity index (χ3n) is 3.16. The fourth-order valence-electron chi connectivity index (χ4n) is 2.14. The summed E-state index contributed by atoms with van der Waals surface area (Å²) < 4.78 is 6.87. The normalized spacial score (nSPS) is 17.9. The van der Waals surface area contributed by atoms with Crippen LogP contribution in [0.1, 0.15) is 12.8 Å². The lowest BCUT2D eigenvalue weighted by Gasteiger charge is -2.13. The molecule has 110 valence electrons. The van der Waals surface area contributed by atoms with E-state index in [-0.39, 0.29) is 16.2 Å². The highest BCUT2D eigenvalue weighted by molar-refractivity contribution is 6.40. The van der Waals surface area contributed by atoms with Crippen LogP contribution in [0.4, 0.5) is 5.69 Å². The Hall–Kier alpha value is -1.63. The number of carbonyl (C=O) groups excluding carboxylic acids is 1. The van der Waals surface area contributed by atoms with Crippen molar-refractivity contribution in [2.75, 3.05) is 11.9 Å². The molecule has 6 nitrogen and oxygen atoms in total. The summed E-state index contributed by atoms with van der Waals surface area (Å²) in [5, 5.41) is 3.23. The molecule has 1 amide bonds. The van der Waals surface area contributed by atoms with E-state index >= 15 is 0 Å². The van der Waals surface area contributed by atoms with Crippen molar-refractivity contribution in [3.05, 3.63) is 35.0 Å². The van der Waals surface area contributed by atoms with Gasteiger partial charge in [-0.3, -0.25) is 9.36 Å². The second-order valence-corrected chi connectivity index (χ2v) is 5.28. The molecule has 0 aliphatic carbocycles. The van der Waals surface area contributed by atoms with E-state index in [1.807, 2.05) is 0 Å². The molecule has 2 aromatic rings. The van der Waals surface area contributed by atoms with Crippen molar-refractivity contribution in [1.29, 1.82) is 0 Å². The van der Waals surface area contributed by atoms with Gasteiger partial charge >= 0.3 is 0 Å². The molecule has 1 fully saturated rings. The van der Waals surface area contributed by atoms with Gasteiger partial charge in [-0.05, 0) is 25.0 Å². The Morgan fingerprint density at radius 1 is 1.43 bits per heavy atom. The van der Waals surface area contributed by atoms with Gasteiger partial charge in [-0.25, -0.2) is 9.97 Å². The molecule has 1 aliphatic heterocycles. The third-order valence-corrected chi connectivity index (χ3v) is 3.90.